The summed E-state index contributed by atoms with van der Waals surface area (Å²) < 4.78 is 13.9. The molecular formula is C14H22FN. The van der Waals surface area contributed by atoms with Gasteiger partial charge in [0.1, 0.15) is 6.17 Å². The molecule has 0 aromatic heterocycles. The summed E-state index contributed by atoms with van der Waals surface area (Å²) in [7, 11) is 0. The van der Waals surface area contributed by atoms with Crippen LogP contribution < -0.4 is 5.73 Å². The summed E-state index contributed by atoms with van der Waals surface area (Å²) >= 11 is 0. The molecule has 16 heavy (non-hydrogen) atoms. The minimum absolute atomic E-state index is 0.623. The van der Waals surface area contributed by atoms with E-state index in [4.69, 9.17) is 5.73 Å². The van der Waals surface area contributed by atoms with Gasteiger partial charge >= 0.3 is 0 Å². The zero-order valence-electron chi connectivity index (χ0n) is 10.6. The molecule has 0 heterocycles. The molecule has 0 amide bonds. The standard InChI is InChI=1S/C14H22FN/c1-10(2)9-11-5-7-12(8-6-11)13(15)14(3,4)16/h5-8,10,13H,9,16H2,1-4H3. The Morgan fingerprint density at radius 1 is 1.19 bits per heavy atom. The largest absolute Gasteiger partial charge is 0.323 e. The van der Waals surface area contributed by atoms with Gasteiger partial charge in [0, 0.05) is 5.54 Å². The summed E-state index contributed by atoms with van der Waals surface area (Å²) in [5, 5.41) is 0. The van der Waals surface area contributed by atoms with Crippen LogP contribution in [0, 0.1) is 5.92 Å². The van der Waals surface area contributed by atoms with Gasteiger partial charge in [-0.05, 0) is 37.3 Å². The first-order valence-corrected chi connectivity index (χ1v) is 5.82. The van der Waals surface area contributed by atoms with Gasteiger partial charge in [-0.3, -0.25) is 0 Å². The van der Waals surface area contributed by atoms with Crippen molar-refractivity contribution in [1.29, 1.82) is 0 Å². The molecular weight excluding hydrogens is 201 g/mol. The molecule has 0 saturated carbocycles. The van der Waals surface area contributed by atoms with Crippen LogP contribution in [0.5, 0.6) is 0 Å². The fourth-order valence-corrected chi connectivity index (χ4v) is 1.72. The predicted molar refractivity (Wildman–Crippen MR) is 67.1 cm³/mol. The lowest BCUT2D eigenvalue weighted by molar-refractivity contribution is 0.223. The smallest absolute Gasteiger partial charge is 0.142 e. The maximum absolute atomic E-state index is 13.9. The van der Waals surface area contributed by atoms with Crippen molar-refractivity contribution in [3.8, 4) is 0 Å². The molecule has 2 N–H and O–H groups in total. The molecule has 0 bridgehead atoms. The zero-order chi connectivity index (χ0) is 12.3. The molecule has 90 valence electrons. The highest BCUT2D eigenvalue weighted by atomic mass is 19.1. The number of halogens is 1. The Balaban J connectivity index is 2.79. The average Bonchev–Trinajstić information content (AvgIpc) is 2.15. The summed E-state index contributed by atoms with van der Waals surface area (Å²) in [4.78, 5) is 0. The van der Waals surface area contributed by atoms with Crippen LogP contribution in [0.25, 0.3) is 0 Å². The molecule has 1 aromatic rings. The average molecular weight is 223 g/mol. The van der Waals surface area contributed by atoms with Gasteiger partial charge in [-0.25, -0.2) is 4.39 Å². The lowest BCUT2D eigenvalue weighted by atomic mass is 9.92. The third-order valence-electron chi connectivity index (χ3n) is 2.57. The van der Waals surface area contributed by atoms with E-state index in [2.05, 4.69) is 13.8 Å². The van der Waals surface area contributed by atoms with Crippen molar-refractivity contribution in [3.63, 3.8) is 0 Å². The molecule has 0 aliphatic heterocycles. The van der Waals surface area contributed by atoms with Crippen LogP contribution in [0.4, 0.5) is 4.39 Å². The van der Waals surface area contributed by atoms with Crippen molar-refractivity contribution < 1.29 is 4.39 Å². The van der Waals surface area contributed by atoms with Gasteiger partial charge in [-0.1, -0.05) is 38.1 Å². The van der Waals surface area contributed by atoms with Crippen molar-refractivity contribution in [2.45, 2.75) is 45.8 Å². The minimum Gasteiger partial charge on any atom is -0.323 e. The van der Waals surface area contributed by atoms with E-state index in [1.54, 1.807) is 13.8 Å². The van der Waals surface area contributed by atoms with Gasteiger partial charge in [0.25, 0.3) is 0 Å². The van der Waals surface area contributed by atoms with Gasteiger partial charge in [0.2, 0.25) is 0 Å². The second kappa shape index (κ2) is 4.96. The summed E-state index contributed by atoms with van der Waals surface area (Å²) in [5.41, 5.74) is 6.85. The molecule has 1 unspecified atom stereocenters. The van der Waals surface area contributed by atoms with Crippen molar-refractivity contribution >= 4 is 0 Å². The topological polar surface area (TPSA) is 26.0 Å². The van der Waals surface area contributed by atoms with Gasteiger partial charge in [0.15, 0.2) is 0 Å². The number of nitrogens with two attached hydrogens (primary N) is 1. The Hall–Kier alpha value is -0.890. The van der Waals surface area contributed by atoms with Crippen LogP contribution in [0.2, 0.25) is 0 Å². The van der Waals surface area contributed by atoms with E-state index >= 15 is 0 Å². The summed E-state index contributed by atoms with van der Waals surface area (Å²) in [6.45, 7) is 7.77. The van der Waals surface area contributed by atoms with E-state index < -0.39 is 11.7 Å². The zero-order valence-corrected chi connectivity index (χ0v) is 10.6. The van der Waals surface area contributed by atoms with E-state index in [1.807, 2.05) is 24.3 Å². The van der Waals surface area contributed by atoms with Crippen molar-refractivity contribution in [2.75, 3.05) is 0 Å². The van der Waals surface area contributed by atoms with Crippen LogP contribution in [-0.4, -0.2) is 5.54 Å². The number of benzene rings is 1. The molecule has 0 fully saturated rings. The molecule has 0 saturated heterocycles. The monoisotopic (exact) mass is 223 g/mol. The van der Waals surface area contributed by atoms with Crippen molar-refractivity contribution in [3.05, 3.63) is 35.4 Å². The molecule has 0 aliphatic rings. The number of hydrogen-bond donors (Lipinski definition) is 1. The SMILES string of the molecule is CC(C)Cc1ccc(C(F)C(C)(C)N)cc1. The van der Waals surface area contributed by atoms with Gasteiger partial charge in [-0.2, -0.15) is 0 Å². The van der Waals surface area contributed by atoms with Gasteiger partial charge < -0.3 is 5.73 Å². The molecule has 0 radical (unpaired) electrons. The Labute approximate surface area is 97.9 Å². The summed E-state index contributed by atoms with van der Waals surface area (Å²) in [6.07, 6.45) is -0.0796. The number of rotatable bonds is 4. The number of alkyl halides is 1. The highest BCUT2D eigenvalue weighted by Gasteiger charge is 2.26. The molecule has 1 aromatic carbocycles. The van der Waals surface area contributed by atoms with E-state index in [-0.39, 0.29) is 0 Å². The maximum Gasteiger partial charge on any atom is 0.142 e. The lowest BCUT2D eigenvalue weighted by Gasteiger charge is -2.24. The van der Waals surface area contributed by atoms with E-state index in [9.17, 15) is 4.39 Å². The highest BCUT2D eigenvalue weighted by molar-refractivity contribution is 5.26. The first-order chi connectivity index (χ1) is 7.30. The minimum atomic E-state index is -1.11. The van der Waals surface area contributed by atoms with Gasteiger partial charge in [-0.15, -0.1) is 0 Å². The van der Waals surface area contributed by atoms with E-state index in [0.29, 0.717) is 11.5 Å². The third-order valence-corrected chi connectivity index (χ3v) is 2.57. The van der Waals surface area contributed by atoms with Crippen molar-refractivity contribution in [1.82, 2.24) is 0 Å². The second-order valence-electron chi connectivity index (χ2n) is 5.52. The normalized spacial score (nSPS) is 14.2. The molecule has 1 rings (SSSR count). The van der Waals surface area contributed by atoms with E-state index in [0.717, 1.165) is 6.42 Å². The highest BCUT2D eigenvalue weighted by Crippen LogP contribution is 2.27. The molecule has 0 aliphatic carbocycles. The first-order valence-electron chi connectivity index (χ1n) is 5.82. The van der Waals surface area contributed by atoms with Crippen LogP contribution in [0.3, 0.4) is 0 Å². The van der Waals surface area contributed by atoms with Crippen LogP contribution in [-0.2, 0) is 6.42 Å². The maximum atomic E-state index is 13.9. The van der Waals surface area contributed by atoms with Crippen LogP contribution >= 0.6 is 0 Å². The Bertz CT molecular complexity index is 322. The Morgan fingerprint density at radius 2 is 1.69 bits per heavy atom. The fourth-order valence-electron chi connectivity index (χ4n) is 1.72. The van der Waals surface area contributed by atoms with E-state index in [1.165, 1.54) is 5.56 Å². The fraction of sp³-hybridized carbons (Fsp3) is 0.571. The molecule has 2 heteroatoms. The Morgan fingerprint density at radius 3 is 2.06 bits per heavy atom. The lowest BCUT2D eigenvalue weighted by Crippen LogP contribution is -2.37. The van der Waals surface area contributed by atoms with Crippen molar-refractivity contribution in [2.24, 2.45) is 11.7 Å². The van der Waals surface area contributed by atoms with Crippen LogP contribution in [0.1, 0.15) is 45.0 Å². The quantitative estimate of drug-likeness (QED) is 0.828. The Kier molecular flexibility index (Phi) is 4.09. The second-order valence-corrected chi connectivity index (χ2v) is 5.52. The third kappa shape index (κ3) is 3.60. The first kappa shape index (κ1) is 13.2. The number of hydrogen-bond acceptors (Lipinski definition) is 1. The molecule has 0 spiro atoms. The molecule has 1 nitrogen and oxygen atoms in total. The summed E-state index contributed by atoms with van der Waals surface area (Å²) in [5.74, 6) is 0.623. The van der Waals surface area contributed by atoms with Gasteiger partial charge in [0.05, 0.1) is 0 Å². The predicted octanol–water partition coefficient (Wildman–Crippen LogP) is 3.63. The molecule has 1 atom stereocenters. The summed E-state index contributed by atoms with van der Waals surface area (Å²) in [6, 6.07) is 7.68. The van der Waals surface area contributed by atoms with Crippen LogP contribution in [0.15, 0.2) is 24.3 Å².